The molecule has 92 valence electrons. The highest BCUT2D eigenvalue weighted by Gasteiger charge is 2.44. The number of aryl methyl sites for hydroxylation is 2. The van der Waals surface area contributed by atoms with Gasteiger partial charge in [-0.2, -0.15) is 0 Å². The predicted molar refractivity (Wildman–Crippen MR) is 67.5 cm³/mol. The fraction of sp³-hybridized carbons (Fsp3) is 0.600. The van der Waals surface area contributed by atoms with Gasteiger partial charge in [0.05, 0.1) is 0 Å². The number of aromatic hydroxyl groups is 1. The molecule has 1 spiro atoms. The smallest absolute Gasteiger partial charge is 0.123 e. The Kier molecular flexibility index (Phi) is 2.35. The molecule has 1 fully saturated rings. The Balaban J connectivity index is 1.97. The van der Waals surface area contributed by atoms with Crippen LogP contribution in [0.3, 0.4) is 0 Å². The van der Waals surface area contributed by atoms with E-state index >= 15 is 0 Å². The topological polar surface area (TPSA) is 29.5 Å². The summed E-state index contributed by atoms with van der Waals surface area (Å²) in [5.41, 5.74) is 2.15. The molecule has 1 aliphatic heterocycles. The zero-order valence-electron chi connectivity index (χ0n) is 10.6. The third-order valence-corrected chi connectivity index (χ3v) is 4.64. The van der Waals surface area contributed by atoms with Gasteiger partial charge < -0.3 is 9.84 Å². The maximum absolute atomic E-state index is 9.73. The maximum atomic E-state index is 9.73. The van der Waals surface area contributed by atoms with Crippen molar-refractivity contribution in [3.05, 3.63) is 23.3 Å². The Bertz CT molecular complexity index is 452. The van der Waals surface area contributed by atoms with Crippen LogP contribution in [0.5, 0.6) is 11.5 Å². The average Bonchev–Trinajstić information content (AvgIpc) is 2.63. The molecule has 1 saturated carbocycles. The Labute approximate surface area is 103 Å². The fourth-order valence-electron chi connectivity index (χ4n) is 3.36. The summed E-state index contributed by atoms with van der Waals surface area (Å²) in [5.74, 6) is 2.05. The normalized spacial score (nSPS) is 31.3. The van der Waals surface area contributed by atoms with Gasteiger partial charge >= 0.3 is 0 Å². The van der Waals surface area contributed by atoms with E-state index in [0.717, 1.165) is 29.7 Å². The Hall–Kier alpha value is -1.18. The highest BCUT2D eigenvalue weighted by molar-refractivity contribution is 5.46. The number of benzene rings is 1. The van der Waals surface area contributed by atoms with Crippen molar-refractivity contribution in [1.29, 1.82) is 0 Å². The number of ether oxygens (including phenoxy) is 1. The Morgan fingerprint density at radius 2 is 2.18 bits per heavy atom. The van der Waals surface area contributed by atoms with Gasteiger partial charge in [-0.1, -0.05) is 6.92 Å². The van der Waals surface area contributed by atoms with E-state index < -0.39 is 0 Å². The second-order valence-electron chi connectivity index (χ2n) is 5.71. The van der Waals surface area contributed by atoms with E-state index in [1.54, 1.807) is 0 Å². The molecule has 0 amide bonds. The van der Waals surface area contributed by atoms with Gasteiger partial charge in [-0.05, 0) is 68.2 Å². The summed E-state index contributed by atoms with van der Waals surface area (Å²) < 4.78 is 6.32. The van der Waals surface area contributed by atoms with Crippen LogP contribution in [0, 0.1) is 12.8 Å². The number of rotatable bonds is 0. The van der Waals surface area contributed by atoms with Gasteiger partial charge in [0.1, 0.15) is 17.1 Å². The molecule has 1 aliphatic carbocycles. The molecule has 0 saturated heterocycles. The molecule has 3 rings (SSSR count). The van der Waals surface area contributed by atoms with Crippen LogP contribution >= 0.6 is 0 Å². The van der Waals surface area contributed by atoms with Crippen molar-refractivity contribution in [2.45, 2.75) is 51.6 Å². The molecule has 1 N–H and O–H groups in total. The summed E-state index contributed by atoms with van der Waals surface area (Å²) in [6, 6.07) is 3.87. The molecule has 2 aliphatic rings. The van der Waals surface area contributed by atoms with Crippen molar-refractivity contribution in [1.82, 2.24) is 0 Å². The molecule has 0 bridgehead atoms. The van der Waals surface area contributed by atoms with Gasteiger partial charge in [-0.15, -0.1) is 0 Å². The summed E-state index contributed by atoms with van der Waals surface area (Å²) >= 11 is 0. The summed E-state index contributed by atoms with van der Waals surface area (Å²) in [5, 5.41) is 9.73. The molecular formula is C15H20O2. The van der Waals surface area contributed by atoms with Crippen molar-refractivity contribution in [3.8, 4) is 11.5 Å². The summed E-state index contributed by atoms with van der Waals surface area (Å²) in [6.07, 6.45) is 5.89. The average molecular weight is 232 g/mol. The van der Waals surface area contributed by atoms with Crippen molar-refractivity contribution in [2.75, 3.05) is 0 Å². The predicted octanol–water partition coefficient (Wildman–Crippen LogP) is 3.58. The zero-order chi connectivity index (χ0) is 12.0. The number of hydrogen-bond donors (Lipinski definition) is 1. The zero-order valence-corrected chi connectivity index (χ0v) is 10.6. The molecular weight excluding hydrogens is 212 g/mol. The van der Waals surface area contributed by atoms with Gasteiger partial charge in [0, 0.05) is 0 Å². The van der Waals surface area contributed by atoms with Gasteiger partial charge in [-0.3, -0.25) is 0 Å². The summed E-state index contributed by atoms with van der Waals surface area (Å²) in [4.78, 5) is 0. The molecule has 0 aromatic heterocycles. The van der Waals surface area contributed by atoms with Crippen molar-refractivity contribution >= 4 is 0 Å². The molecule has 1 aromatic rings. The molecule has 2 heteroatoms. The van der Waals surface area contributed by atoms with E-state index in [1.165, 1.54) is 19.3 Å². The first-order chi connectivity index (χ1) is 8.11. The SMILES string of the molecule is Cc1cc2c(cc1O)CCC1(CCCC1C)O2. The van der Waals surface area contributed by atoms with Gasteiger partial charge in [0.2, 0.25) is 0 Å². The maximum Gasteiger partial charge on any atom is 0.123 e. The highest BCUT2D eigenvalue weighted by atomic mass is 16.5. The lowest BCUT2D eigenvalue weighted by molar-refractivity contribution is 0.0158. The summed E-state index contributed by atoms with van der Waals surface area (Å²) in [7, 11) is 0. The largest absolute Gasteiger partial charge is 0.508 e. The van der Waals surface area contributed by atoms with Crippen LogP contribution in [0.4, 0.5) is 0 Å². The molecule has 1 aromatic carbocycles. The molecule has 2 nitrogen and oxygen atoms in total. The second kappa shape index (κ2) is 3.66. The first-order valence-electron chi connectivity index (χ1n) is 6.62. The highest BCUT2D eigenvalue weighted by Crippen LogP contribution is 2.47. The van der Waals surface area contributed by atoms with E-state index in [1.807, 2.05) is 19.1 Å². The Morgan fingerprint density at radius 1 is 1.35 bits per heavy atom. The molecule has 2 unspecified atom stereocenters. The first kappa shape index (κ1) is 10.9. The molecule has 17 heavy (non-hydrogen) atoms. The van der Waals surface area contributed by atoms with E-state index in [0.29, 0.717) is 11.7 Å². The molecule has 1 heterocycles. The minimum Gasteiger partial charge on any atom is -0.508 e. The van der Waals surface area contributed by atoms with Gasteiger partial charge in [0.15, 0.2) is 0 Å². The van der Waals surface area contributed by atoms with Crippen LogP contribution in [0.2, 0.25) is 0 Å². The van der Waals surface area contributed by atoms with Gasteiger partial charge in [-0.25, -0.2) is 0 Å². The third kappa shape index (κ3) is 1.62. The summed E-state index contributed by atoms with van der Waals surface area (Å²) in [6.45, 7) is 4.24. The fourth-order valence-corrected chi connectivity index (χ4v) is 3.36. The standard InChI is InChI=1S/C15H20O2/c1-10-8-14-12(9-13(10)16)5-7-15(17-14)6-3-4-11(15)2/h8-9,11,16H,3-7H2,1-2H3. The lowest BCUT2D eigenvalue weighted by Gasteiger charge is -2.39. The number of hydrogen-bond acceptors (Lipinski definition) is 2. The van der Waals surface area contributed by atoms with Crippen molar-refractivity contribution in [3.63, 3.8) is 0 Å². The Morgan fingerprint density at radius 3 is 2.88 bits per heavy atom. The van der Waals surface area contributed by atoms with E-state index in [4.69, 9.17) is 4.74 Å². The first-order valence-corrected chi connectivity index (χ1v) is 6.62. The van der Waals surface area contributed by atoms with E-state index in [2.05, 4.69) is 6.92 Å². The third-order valence-electron chi connectivity index (χ3n) is 4.64. The van der Waals surface area contributed by atoms with Crippen LogP contribution in [0.1, 0.15) is 43.7 Å². The quantitative estimate of drug-likeness (QED) is 0.740. The molecule has 0 radical (unpaired) electrons. The van der Waals surface area contributed by atoms with Crippen molar-refractivity contribution in [2.24, 2.45) is 5.92 Å². The number of phenols is 1. The number of fused-ring (bicyclic) bond motifs is 1. The minimum absolute atomic E-state index is 0.0798. The number of phenolic OH excluding ortho intramolecular Hbond substituents is 1. The van der Waals surface area contributed by atoms with Crippen LogP contribution < -0.4 is 4.74 Å². The second-order valence-corrected chi connectivity index (χ2v) is 5.71. The lowest BCUT2D eigenvalue weighted by Crippen LogP contribution is -2.41. The van der Waals surface area contributed by atoms with Crippen LogP contribution in [-0.2, 0) is 6.42 Å². The van der Waals surface area contributed by atoms with Crippen LogP contribution in [0.25, 0.3) is 0 Å². The van der Waals surface area contributed by atoms with Gasteiger partial charge in [0.25, 0.3) is 0 Å². The lowest BCUT2D eigenvalue weighted by atomic mass is 9.83. The van der Waals surface area contributed by atoms with Crippen LogP contribution in [0.15, 0.2) is 12.1 Å². The molecule has 2 atom stereocenters. The van der Waals surface area contributed by atoms with Crippen molar-refractivity contribution < 1.29 is 9.84 Å². The minimum atomic E-state index is 0.0798. The monoisotopic (exact) mass is 232 g/mol. The van der Waals surface area contributed by atoms with E-state index in [-0.39, 0.29) is 5.60 Å². The van der Waals surface area contributed by atoms with Crippen LogP contribution in [-0.4, -0.2) is 10.7 Å². The van der Waals surface area contributed by atoms with E-state index in [9.17, 15) is 5.11 Å².